The number of nitrogens with one attached hydrogen (secondary N) is 2. The Morgan fingerprint density at radius 3 is 2.61 bits per heavy atom. The van der Waals surface area contributed by atoms with E-state index in [4.69, 9.17) is 16.3 Å². The third kappa shape index (κ3) is 5.97. The number of unbranched alkanes of at least 4 members (excludes halogenated alkanes) is 2. The van der Waals surface area contributed by atoms with Crippen LogP contribution in [0.4, 0.5) is 0 Å². The molecule has 9 atom stereocenters. The zero-order chi connectivity index (χ0) is 20.8. The molecule has 1 amide bonds. The fourth-order valence-electron chi connectivity index (χ4n) is 4.00. The molecule has 0 radical (unpaired) electrons. The zero-order valence-corrected chi connectivity index (χ0v) is 18.5. The Bertz CT molecular complexity index is 499. The van der Waals surface area contributed by atoms with Crippen LogP contribution < -0.4 is 10.6 Å². The first-order valence-electron chi connectivity index (χ1n) is 10.2. The van der Waals surface area contributed by atoms with Crippen LogP contribution in [0.25, 0.3) is 0 Å². The van der Waals surface area contributed by atoms with Crippen LogP contribution in [-0.4, -0.2) is 81.3 Å². The largest absolute Gasteiger partial charge is 0.388 e. The molecule has 2 heterocycles. The van der Waals surface area contributed by atoms with Crippen molar-refractivity contribution in [1.29, 1.82) is 0 Å². The van der Waals surface area contributed by atoms with Gasteiger partial charge in [-0.3, -0.25) is 4.79 Å². The van der Waals surface area contributed by atoms with Crippen molar-refractivity contribution in [2.24, 2.45) is 5.92 Å². The number of thioether (sulfide) groups is 1. The molecule has 0 aromatic carbocycles. The Morgan fingerprint density at radius 1 is 1.29 bits per heavy atom. The van der Waals surface area contributed by atoms with Crippen molar-refractivity contribution in [1.82, 2.24) is 10.6 Å². The quantitative estimate of drug-likeness (QED) is 0.268. The molecule has 2 saturated heterocycles. The van der Waals surface area contributed by atoms with Crippen molar-refractivity contribution in [2.45, 2.75) is 93.3 Å². The second-order valence-electron chi connectivity index (χ2n) is 7.95. The average Bonchev–Trinajstić information content (AvgIpc) is 3.14. The molecule has 2 aliphatic rings. The second kappa shape index (κ2) is 11.3. The van der Waals surface area contributed by atoms with Crippen LogP contribution in [-0.2, 0) is 9.53 Å². The molecular weight excluding hydrogens is 404 g/mol. The molecule has 28 heavy (non-hydrogen) atoms. The summed E-state index contributed by atoms with van der Waals surface area (Å²) in [6, 6.07) is -0.987. The standard InChI is InChI=1S/C19H35ClN2O5S/c1-4-5-6-7-11-8-12(21-9-11)18(26)22-13(10(2)20)17-15(24)14(23)16(25)19(27-17)28-3/h10-17,19,21,23-25H,4-9H2,1-3H3,(H,22,26)/t10-,11-,12+,13+,14-,15+,16+,17+,19+/m0/s1. The monoisotopic (exact) mass is 438 g/mol. The number of rotatable bonds is 9. The first-order chi connectivity index (χ1) is 13.3. The maximum atomic E-state index is 12.8. The second-order valence-corrected chi connectivity index (χ2v) is 9.57. The minimum atomic E-state index is -1.36. The molecule has 7 nitrogen and oxygen atoms in total. The highest BCUT2D eigenvalue weighted by Gasteiger charge is 2.48. The van der Waals surface area contributed by atoms with Crippen LogP contribution in [0.2, 0.25) is 0 Å². The molecule has 0 unspecified atom stereocenters. The van der Waals surface area contributed by atoms with Crippen LogP contribution in [0, 0.1) is 5.92 Å². The predicted molar refractivity (Wildman–Crippen MR) is 111 cm³/mol. The molecule has 2 fully saturated rings. The van der Waals surface area contributed by atoms with E-state index >= 15 is 0 Å². The molecule has 164 valence electrons. The maximum Gasteiger partial charge on any atom is 0.237 e. The van der Waals surface area contributed by atoms with Crippen molar-refractivity contribution in [3.63, 3.8) is 0 Å². The molecule has 5 N–H and O–H groups in total. The van der Waals surface area contributed by atoms with E-state index in [0.29, 0.717) is 5.92 Å². The molecule has 2 rings (SSSR count). The van der Waals surface area contributed by atoms with Crippen molar-refractivity contribution >= 4 is 29.3 Å². The maximum absolute atomic E-state index is 12.8. The Hall–Kier alpha value is -0.0900. The summed E-state index contributed by atoms with van der Waals surface area (Å²) in [4.78, 5) is 12.8. The van der Waals surface area contributed by atoms with E-state index in [1.807, 2.05) is 0 Å². The Morgan fingerprint density at radius 2 is 2.00 bits per heavy atom. The van der Waals surface area contributed by atoms with Crippen LogP contribution >= 0.6 is 23.4 Å². The molecule has 0 bridgehead atoms. The summed E-state index contributed by atoms with van der Waals surface area (Å²) in [6.07, 6.45) is 2.39. The molecule has 0 aromatic rings. The number of hydrogen-bond donors (Lipinski definition) is 5. The highest BCUT2D eigenvalue weighted by atomic mass is 35.5. The first kappa shape index (κ1) is 24.2. The minimum absolute atomic E-state index is 0.174. The molecule has 9 heteroatoms. The van der Waals surface area contributed by atoms with Gasteiger partial charge in [0.15, 0.2) is 0 Å². The lowest BCUT2D eigenvalue weighted by molar-refractivity contribution is -0.205. The van der Waals surface area contributed by atoms with Gasteiger partial charge in [0.1, 0.15) is 29.9 Å². The summed E-state index contributed by atoms with van der Waals surface area (Å²) in [7, 11) is 0. The fourth-order valence-corrected chi connectivity index (χ4v) is 4.89. The van der Waals surface area contributed by atoms with Gasteiger partial charge in [0, 0.05) is 0 Å². The van der Waals surface area contributed by atoms with E-state index in [-0.39, 0.29) is 11.9 Å². The normalized spacial score (nSPS) is 38.2. The minimum Gasteiger partial charge on any atom is -0.388 e. The van der Waals surface area contributed by atoms with Crippen LogP contribution in [0.15, 0.2) is 0 Å². The van der Waals surface area contributed by atoms with Crippen molar-refractivity contribution < 1.29 is 24.9 Å². The summed E-state index contributed by atoms with van der Waals surface area (Å²) >= 11 is 7.54. The van der Waals surface area contributed by atoms with Gasteiger partial charge in [0.25, 0.3) is 0 Å². The van der Waals surface area contributed by atoms with Gasteiger partial charge in [0.05, 0.1) is 17.5 Å². The molecule has 2 aliphatic heterocycles. The van der Waals surface area contributed by atoms with Gasteiger partial charge in [-0.15, -0.1) is 23.4 Å². The van der Waals surface area contributed by atoms with Gasteiger partial charge < -0.3 is 30.7 Å². The van der Waals surface area contributed by atoms with Crippen molar-refractivity contribution in [2.75, 3.05) is 12.8 Å². The van der Waals surface area contributed by atoms with E-state index in [9.17, 15) is 20.1 Å². The number of aliphatic hydroxyl groups is 3. The van der Waals surface area contributed by atoms with Crippen LogP contribution in [0.5, 0.6) is 0 Å². The lowest BCUT2D eigenvalue weighted by Gasteiger charge is -2.44. The third-order valence-corrected chi connectivity index (χ3v) is 6.88. The molecule has 0 spiro atoms. The summed E-state index contributed by atoms with van der Waals surface area (Å²) in [5.74, 6) is 0.316. The Labute approximate surface area is 176 Å². The number of amides is 1. The number of alkyl halides is 1. The lowest BCUT2D eigenvalue weighted by Crippen LogP contribution is -2.65. The van der Waals surface area contributed by atoms with E-state index in [0.717, 1.165) is 19.4 Å². The topological polar surface area (TPSA) is 111 Å². The molecular formula is C19H35ClN2O5S. The van der Waals surface area contributed by atoms with E-state index in [2.05, 4.69) is 17.6 Å². The van der Waals surface area contributed by atoms with Crippen molar-refractivity contribution in [3.05, 3.63) is 0 Å². The Kier molecular flexibility index (Phi) is 9.80. The fraction of sp³-hybridized carbons (Fsp3) is 0.947. The number of carbonyl (C=O) groups excluding carboxylic acids is 1. The zero-order valence-electron chi connectivity index (χ0n) is 16.9. The molecule has 0 saturated carbocycles. The van der Waals surface area contributed by atoms with E-state index in [1.54, 1.807) is 13.2 Å². The molecule has 0 aliphatic carbocycles. The smallest absolute Gasteiger partial charge is 0.237 e. The van der Waals surface area contributed by atoms with Gasteiger partial charge >= 0.3 is 0 Å². The Balaban J connectivity index is 1.98. The number of ether oxygens (including phenoxy) is 1. The summed E-state index contributed by atoms with van der Waals surface area (Å²) < 4.78 is 5.79. The number of carbonyl (C=O) groups is 1. The summed E-state index contributed by atoms with van der Waals surface area (Å²) in [5, 5.41) is 36.3. The SMILES string of the molecule is CCCCC[C@@H]1CN[C@@H](C(=O)N[C@@H]([C@H]2O[C@H](SC)[C@H](O)[C@@H](O)[C@H]2O)[C@H](C)Cl)C1. The van der Waals surface area contributed by atoms with Crippen LogP contribution in [0.1, 0.15) is 46.0 Å². The average molecular weight is 439 g/mol. The number of hydrogen-bond acceptors (Lipinski definition) is 7. The first-order valence-corrected chi connectivity index (χ1v) is 11.9. The van der Waals surface area contributed by atoms with Crippen LogP contribution in [0.3, 0.4) is 0 Å². The van der Waals surface area contributed by atoms with Gasteiger partial charge in [0.2, 0.25) is 5.91 Å². The van der Waals surface area contributed by atoms with Crippen molar-refractivity contribution in [3.8, 4) is 0 Å². The van der Waals surface area contributed by atoms with Gasteiger partial charge in [-0.2, -0.15) is 0 Å². The number of aliphatic hydroxyl groups excluding tert-OH is 3. The van der Waals surface area contributed by atoms with Gasteiger partial charge in [-0.1, -0.05) is 26.2 Å². The van der Waals surface area contributed by atoms with E-state index < -0.39 is 41.3 Å². The van der Waals surface area contributed by atoms with Gasteiger partial charge in [-0.25, -0.2) is 0 Å². The summed E-state index contributed by atoms with van der Waals surface area (Å²) in [6.45, 7) is 4.71. The predicted octanol–water partition coefficient (Wildman–Crippen LogP) is 0.828. The van der Waals surface area contributed by atoms with E-state index in [1.165, 1.54) is 31.0 Å². The van der Waals surface area contributed by atoms with Gasteiger partial charge in [-0.05, 0) is 38.5 Å². The third-order valence-electron chi connectivity index (χ3n) is 5.75. The highest BCUT2D eigenvalue weighted by molar-refractivity contribution is 7.99. The molecule has 0 aromatic heterocycles. The number of halogens is 1. The summed E-state index contributed by atoms with van der Waals surface area (Å²) in [5.41, 5.74) is -0.703. The lowest BCUT2D eigenvalue weighted by atomic mass is 9.92. The highest BCUT2D eigenvalue weighted by Crippen LogP contribution is 2.30.